The Morgan fingerprint density at radius 2 is 1.83 bits per heavy atom. The SMILES string of the molecule is Nc1cn([C@H]2CC[C@H](CN3CCC(OCCCc4cccc5c4c4cccnc4n5C4CCC(=O)NC4=O)CC3)CC2)nc1C(F)F. The number of pyridine rings is 1. The van der Waals surface area contributed by atoms with E-state index in [9.17, 15) is 18.4 Å². The minimum Gasteiger partial charge on any atom is -0.396 e. The number of nitrogens with zero attached hydrogens (tertiary/aromatic N) is 5. The van der Waals surface area contributed by atoms with Crippen molar-refractivity contribution in [3.8, 4) is 0 Å². The molecule has 1 atom stereocenters. The van der Waals surface area contributed by atoms with E-state index in [1.807, 2.05) is 22.8 Å². The Hall–Kier alpha value is -3.90. The molecule has 1 aliphatic carbocycles. The van der Waals surface area contributed by atoms with Crippen LogP contribution < -0.4 is 11.1 Å². The minimum absolute atomic E-state index is 0.0810. The summed E-state index contributed by atoms with van der Waals surface area (Å²) in [5.74, 6) is 0.121. The first-order valence-corrected chi connectivity index (χ1v) is 17.0. The zero-order valence-corrected chi connectivity index (χ0v) is 26.6. The van der Waals surface area contributed by atoms with Crippen LogP contribution in [0, 0.1) is 5.92 Å². The molecule has 1 aromatic carbocycles. The zero-order valence-electron chi connectivity index (χ0n) is 26.6. The van der Waals surface area contributed by atoms with E-state index in [-0.39, 0.29) is 35.3 Å². The van der Waals surface area contributed by atoms with Crippen molar-refractivity contribution in [3.05, 3.63) is 54.0 Å². The van der Waals surface area contributed by atoms with E-state index in [0.717, 1.165) is 92.9 Å². The minimum atomic E-state index is -2.64. The number of likely N-dealkylation sites (tertiary alicyclic amines) is 1. The third kappa shape index (κ3) is 6.62. The van der Waals surface area contributed by atoms with E-state index in [2.05, 4.69) is 32.4 Å². The highest BCUT2D eigenvalue weighted by atomic mass is 19.3. The van der Waals surface area contributed by atoms with E-state index in [0.29, 0.717) is 25.4 Å². The van der Waals surface area contributed by atoms with Crippen molar-refractivity contribution < 1.29 is 23.1 Å². The molecule has 3 aliphatic rings. The van der Waals surface area contributed by atoms with E-state index in [4.69, 9.17) is 10.5 Å². The molecule has 3 fully saturated rings. The average Bonchev–Trinajstić information content (AvgIpc) is 3.63. The lowest BCUT2D eigenvalue weighted by atomic mass is 9.85. The second-order valence-corrected chi connectivity index (χ2v) is 13.4. The molecule has 47 heavy (non-hydrogen) atoms. The molecule has 0 spiro atoms. The van der Waals surface area contributed by atoms with Gasteiger partial charge in [-0.2, -0.15) is 5.10 Å². The van der Waals surface area contributed by atoms with Crippen molar-refractivity contribution in [1.29, 1.82) is 0 Å². The Bertz CT molecular complexity index is 1740. The first kappa shape index (κ1) is 31.7. The lowest BCUT2D eigenvalue weighted by Gasteiger charge is -2.36. The van der Waals surface area contributed by atoms with Crippen LogP contribution in [0.2, 0.25) is 0 Å². The molecular formula is C35H43F2N7O3. The van der Waals surface area contributed by atoms with Gasteiger partial charge in [-0.05, 0) is 87.5 Å². The monoisotopic (exact) mass is 647 g/mol. The molecule has 4 aromatic rings. The molecule has 0 radical (unpaired) electrons. The molecule has 250 valence electrons. The number of carbonyl (C=O) groups excluding carboxylic acids is 2. The van der Waals surface area contributed by atoms with Crippen LogP contribution in [0.3, 0.4) is 0 Å². The van der Waals surface area contributed by atoms with Gasteiger partial charge >= 0.3 is 0 Å². The summed E-state index contributed by atoms with van der Waals surface area (Å²) in [6.07, 6.45) is 9.56. The summed E-state index contributed by atoms with van der Waals surface area (Å²) in [5, 5.41) is 8.71. The summed E-state index contributed by atoms with van der Waals surface area (Å²) in [5.41, 5.74) is 8.48. The second kappa shape index (κ2) is 13.7. The number of nitrogens with one attached hydrogen (secondary N) is 1. The van der Waals surface area contributed by atoms with Crippen LogP contribution in [0.1, 0.15) is 87.6 Å². The van der Waals surface area contributed by atoms with E-state index < -0.39 is 12.5 Å². The highest BCUT2D eigenvalue weighted by Crippen LogP contribution is 2.37. The number of carbonyl (C=O) groups is 2. The zero-order chi connectivity index (χ0) is 32.5. The third-order valence-corrected chi connectivity index (χ3v) is 10.4. The number of alkyl halides is 2. The van der Waals surface area contributed by atoms with Gasteiger partial charge in [0.1, 0.15) is 11.7 Å². The summed E-state index contributed by atoms with van der Waals surface area (Å²) in [6.45, 7) is 3.84. The number of benzene rings is 1. The number of fused-ring (bicyclic) bond motifs is 3. The van der Waals surface area contributed by atoms with Crippen molar-refractivity contribution >= 4 is 39.4 Å². The molecule has 1 saturated carbocycles. The number of nitrogens with two attached hydrogens (primary N) is 1. The van der Waals surface area contributed by atoms with E-state index in [1.165, 1.54) is 5.56 Å². The summed E-state index contributed by atoms with van der Waals surface area (Å²) in [4.78, 5) is 31.8. The molecule has 10 nitrogen and oxygen atoms in total. The van der Waals surface area contributed by atoms with Gasteiger partial charge in [-0.1, -0.05) is 12.1 Å². The maximum atomic E-state index is 13.1. The Morgan fingerprint density at radius 1 is 1.02 bits per heavy atom. The maximum absolute atomic E-state index is 13.1. The van der Waals surface area contributed by atoms with Gasteiger partial charge in [0.15, 0.2) is 5.69 Å². The maximum Gasteiger partial charge on any atom is 0.284 e. The summed E-state index contributed by atoms with van der Waals surface area (Å²) >= 11 is 0. The Balaban J connectivity index is 0.885. The van der Waals surface area contributed by atoms with Gasteiger partial charge in [-0.25, -0.2) is 13.8 Å². The van der Waals surface area contributed by atoms with Crippen LogP contribution in [0.4, 0.5) is 14.5 Å². The number of nitrogen functional groups attached to an aromatic ring is 1. The van der Waals surface area contributed by atoms with E-state index in [1.54, 1.807) is 17.1 Å². The fourth-order valence-electron chi connectivity index (χ4n) is 7.95. The first-order valence-electron chi connectivity index (χ1n) is 17.0. The number of aryl methyl sites for hydroxylation is 1. The van der Waals surface area contributed by atoms with Crippen LogP contribution in [0.25, 0.3) is 21.9 Å². The van der Waals surface area contributed by atoms with Crippen LogP contribution in [-0.4, -0.2) is 68.4 Å². The van der Waals surface area contributed by atoms with Gasteiger partial charge in [0, 0.05) is 55.8 Å². The molecule has 12 heteroatoms. The predicted molar refractivity (Wildman–Crippen MR) is 175 cm³/mol. The molecule has 7 rings (SSSR count). The van der Waals surface area contributed by atoms with Gasteiger partial charge in [0.05, 0.1) is 23.3 Å². The number of amides is 2. The number of rotatable bonds is 10. The smallest absolute Gasteiger partial charge is 0.284 e. The number of imide groups is 1. The molecule has 5 heterocycles. The highest BCUT2D eigenvalue weighted by molar-refractivity contribution is 6.10. The molecular weight excluding hydrogens is 604 g/mol. The number of piperidine rings is 2. The Labute approximate surface area is 272 Å². The fourth-order valence-corrected chi connectivity index (χ4v) is 7.95. The van der Waals surface area contributed by atoms with E-state index >= 15 is 0 Å². The van der Waals surface area contributed by atoms with Crippen molar-refractivity contribution in [3.63, 3.8) is 0 Å². The molecule has 2 amide bonds. The molecule has 2 aliphatic heterocycles. The van der Waals surface area contributed by atoms with Gasteiger partial charge in [-0.15, -0.1) is 0 Å². The standard InChI is InChI=1S/C35H43F2N7O3/c36-33(37)32-27(38)21-43(41-32)24-10-8-22(9-11-24)20-42-17-14-25(15-18-42)47-19-3-5-23-4-1-7-28-31(23)26-6-2-16-39-34(26)44(28)29-12-13-30(45)40-35(29)46/h1-2,4,6-7,16,21-22,24-25,29,33H,3,5,8-15,17-20,38H2,(H,40,45,46)/t22-,24-,29?. The molecule has 0 bridgehead atoms. The molecule has 3 N–H and O–H groups in total. The van der Waals surface area contributed by atoms with Gasteiger partial charge in [-0.3, -0.25) is 19.6 Å². The van der Waals surface area contributed by atoms with Crippen molar-refractivity contribution in [2.24, 2.45) is 5.92 Å². The number of hydrogen-bond acceptors (Lipinski definition) is 7. The number of ether oxygens (including phenoxy) is 1. The van der Waals surface area contributed by atoms with Crippen LogP contribution in [-0.2, 0) is 20.7 Å². The lowest BCUT2D eigenvalue weighted by molar-refractivity contribution is -0.135. The fraction of sp³-hybridized carbons (Fsp3) is 0.543. The van der Waals surface area contributed by atoms with Gasteiger partial charge in [0.25, 0.3) is 6.43 Å². The van der Waals surface area contributed by atoms with Crippen LogP contribution in [0.15, 0.2) is 42.7 Å². The number of halogens is 2. The van der Waals surface area contributed by atoms with Gasteiger partial charge < -0.3 is 19.9 Å². The molecule has 3 aromatic heterocycles. The topological polar surface area (TPSA) is 120 Å². The number of hydrogen-bond donors (Lipinski definition) is 2. The van der Waals surface area contributed by atoms with Crippen LogP contribution in [0.5, 0.6) is 0 Å². The summed E-state index contributed by atoms with van der Waals surface area (Å²) in [6, 6.07) is 9.91. The van der Waals surface area contributed by atoms with Crippen LogP contribution >= 0.6 is 0 Å². The van der Waals surface area contributed by atoms with Crippen molar-refractivity contribution in [2.75, 3.05) is 32.0 Å². The van der Waals surface area contributed by atoms with Gasteiger partial charge in [0.2, 0.25) is 11.8 Å². The second-order valence-electron chi connectivity index (χ2n) is 13.4. The van der Waals surface area contributed by atoms with Crippen molar-refractivity contribution in [1.82, 2.24) is 29.5 Å². The average molecular weight is 648 g/mol. The summed E-state index contributed by atoms with van der Waals surface area (Å²) in [7, 11) is 0. The number of aromatic nitrogens is 4. The Morgan fingerprint density at radius 3 is 2.57 bits per heavy atom. The van der Waals surface area contributed by atoms with Crippen molar-refractivity contribution in [2.45, 2.75) is 88.8 Å². The predicted octanol–water partition coefficient (Wildman–Crippen LogP) is 5.73. The first-order chi connectivity index (χ1) is 22.9. The largest absolute Gasteiger partial charge is 0.396 e. The highest BCUT2D eigenvalue weighted by Gasteiger charge is 2.32. The Kier molecular flexibility index (Phi) is 9.22. The lowest BCUT2D eigenvalue weighted by Crippen LogP contribution is -2.41. The summed E-state index contributed by atoms with van der Waals surface area (Å²) < 4.78 is 36.2. The number of anilines is 1. The normalized spacial score (nSPS) is 23.3. The molecule has 1 unspecified atom stereocenters. The molecule has 2 saturated heterocycles. The third-order valence-electron chi connectivity index (χ3n) is 10.4. The quantitative estimate of drug-likeness (QED) is 0.167.